The van der Waals surface area contributed by atoms with Gasteiger partial charge in [-0.1, -0.05) is 30.3 Å². The van der Waals surface area contributed by atoms with Crippen LogP contribution < -0.4 is 0 Å². The maximum atomic E-state index is 13.0. The number of carbonyl (C=O) groups is 2. The van der Waals surface area contributed by atoms with E-state index in [2.05, 4.69) is 0 Å². The molecule has 0 spiro atoms. The van der Waals surface area contributed by atoms with Gasteiger partial charge in [-0.3, -0.25) is 4.79 Å². The molecule has 0 N–H and O–H groups in total. The van der Waals surface area contributed by atoms with Gasteiger partial charge >= 0.3 is 5.97 Å². The van der Waals surface area contributed by atoms with Crippen LogP contribution in [0.25, 0.3) is 0 Å². The van der Waals surface area contributed by atoms with Gasteiger partial charge in [-0.25, -0.2) is 13.2 Å². The number of esters is 1. The van der Waals surface area contributed by atoms with E-state index in [1.54, 1.807) is 4.90 Å². The maximum Gasteiger partial charge on any atom is 0.338 e. The highest BCUT2D eigenvalue weighted by molar-refractivity contribution is 7.90. The summed E-state index contributed by atoms with van der Waals surface area (Å²) in [6.07, 6.45) is 0.106. The Balaban J connectivity index is 2.13. The number of carbonyl (C=O) groups excluding carboxylic acids is 2. The van der Waals surface area contributed by atoms with Gasteiger partial charge in [0.15, 0.2) is 15.9 Å². The molecule has 1 atom stereocenters. The van der Waals surface area contributed by atoms with Crippen molar-refractivity contribution in [1.29, 1.82) is 0 Å². The van der Waals surface area contributed by atoms with Crippen molar-refractivity contribution in [3.8, 4) is 0 Å². The van der Waals surface area contributed by atoms with Crippen molar-refractivity contribution in [2.45, 2.75) is 50.8 Å². The SMILES string of the molecule is C[C@H](OC(=O)c1ccc(S(C)(=O)=O)cc1)C(=O)N(Cc1ccccc1)C(C)(C)C. The summed E-state index contributed by atoms with van der Waals surface area (Å²) < 4.78 is 28.4. The Hall–Kier alpha value is -2.67. The number of benzene rings is 2. The minimum absolute atomic E-state index is 0.111. The van der Waals surface area contributed by atoms with Crippen LogP contribution in [0.2, 0.25) is 0 Å². The summed E-state index contributed by atoms with van der Waals surface area (Å²) in [5.41, 5.74) is 0.693. The number of hydrogen-bond acceptors (Lipinski definition) is 5. The van der Waals surface area contributed by atoms with Gasteiger partial charge in [-0.15, -0.1) is 0 Å². The first-order valence-electron chi connectivity index (χ1n) is 9.26. The van der Waals surface area contributed by atoms with E-state index >= 15 is 0 Å². The van der Waals surface area contributed by atoms with Crippen LogP contribution in [0.4, 0.5) is 0 Å². The molecule has 0 aliphatic heterocycles. The summed E-state index contributed by atoms with van der Waals surface area (Å²) >= 11 is 0. The molecule has 6 nitrogen and oxygen atoms in total. The summed E-state index contributed by atoms with van der Waals surface area (Å²) in [5, 5.41) is 0. The zero-order chi connectivity index (χ0) is 21.8. The minimum atomic E-state index is -3.35. The molecule has 0 aliphatic carbocycles. The molecule has 2 rings (SSSR count). The molecule has 0 aliphatic rings. The maximum absolute atomic E-state index is 13.0. The van der Waals surface area contributed by atoms with Crippen molar-refractivity contribution in [3.05, 3.63) is 65.7 Å². The highest BCUT2D eigenvalue weighted by atomic mass is 32.2. The molecule has 29 heavy (non-hydrogen) atoms. The van der Waals surface area contributed by atoms with Crippen LogP contribution in [0.1, 0.15) is 43.6 Å². The van der Waals surface area contributed by atoms with Crippen LogP contribution in [0.3, 0.4) is 0 Å². The number of hydrogen-bond donors (Lipinski definition) is 0. The number of ether oxygens (including phenoxy) is 1. The molecule has 0 aromatic heterocycles. The normalized spacial score (nSPS) is 12.9. The van der Waals surface area contributed by atoms with Gasteiger partial charge in [0.25, 0.3) is 5.91 Å². The van der Waals surface area contributed by atoms with E-state index in [9.17, 15) is 18.0 Å². The molecule has 0 heterocycles. The molecule has 156 valence electrons. The lowest BCUT2D eigenvalue weighted by atomic mass is 10.0. The zero-order valence-electron chi connectivity index (χ0n) is 17.4. The lowest BCUT2D eigenvalue weighted by Crippen LogP contribution is -2.49. The first kappa shape index (κ1) is 22.6. The number of sulfone groups is 1. The van der Waals surface area contributed by atoms with Crippen LogP contribution in [0.15, 0.2) is 59.5 Å². The van der Waals surface area contributed by atoms with Crippen LogP contribution in [-0.2, 0) is 25.9 Å². The second-order valence-corrected chi connectivity index (χ2v) is 9.94. The molecule has 2 aromatic rings. The van der Waals surface area contributed by atoms with Crippen molar-refractivity contribution in [1.82, 2.24) is 4.90 Å². The average Bonchev–Trinajstić information content (AvgIpc) is 2.65. The highest BCUT2D eigenvalue weighted by Gasteiger charge is 2.32. The largest absolute Gasteiger partial charge is 0.449 e. The van der Waals surface area contributed by atoms with Crippen LogP contribution >= 0.6 is 0 Å². The number of nitrogens with zero attached hydrogens (tertiary/aromatic N) is 1. The number of amides is 1. The molecule has 0 unspecified atom stereocenters. The van der Waals surface area contributed by atoms with Crippen LogP contribution in [0, 0.1) is 0 Å². The second kappa shape index (κ2) is 8.78. The van der Waals surface area contributed by atoms with Crippen molar-refractivity contribution < 1.29 is 22.7 Å². The van der Waals surface area contributed by atoms with E-state index in [-0.39, 0.29) is 16.4 Å². The smallest absolute Gasteiger partial charge is 0.338 e. The van der Waals surface area contributed by atoms with Crippen LogP contribution in [-0.4, -0.2) is 43.1 Å². The Kier molecular flexibility index (Phi) is 6.85. The molecule has 0 saturated carbocycles. The van der Waals surface area contributed by atoms with Crippen molar-refractivity contribution >= 4 is 21.7 Å². The highest BCUT2D eigenvalue weighted by Crippen LogP contribution is 2.20. The van der Waals surface area contributed by atoms with Gasteiger partial charge in [0.05, 0.1) is 10.5 Å². The Bertz CT molecular complexity index is 961. The van der Waals surface area contributed by atoms with E-state index in [1.807, 2.05) is 51.1 Å². The van der Waals surface area contributed by atoms with E-state index in [0.717, 1.165) is 11.8 Å². The van der Waals surface area contributed by atoms with Gasteiger partial charge in [-0.2, -0.15) is 0 Å². The third kappa shape index (κ3) is 6.15. The summed E-state index contributed by atoms with van der Waals surface area (Å²) in [6, 6.07) is 15.0. The lowest BCUT2D eigenvalue weighted by Gasteiger charge is -2.37. The predicted molar refractivity (Wildman–Crippen MR) is 111 cm³/mol. The molecule has 2 aromatic carbocycles. The molecule has 0 fully saturated rings. The van der Waals surface area contributed by atoms with E-state index < -0.39 is 27.4 Å². The Morgan fingerprint density at radius 3 is 2.03 bits per heavy atom. The Morgan fingerprint density at radius 1 is 1.00 bits per heavy atom. The van der Waals surface area contributed by atoms with Gasteiger partial charge in [0, 0.05) is 18.3 Å². The quantitative estimate of drug-likeness (QED) is 0.673. The van der Waals surface area contributed by atoms with Gasteiger partial charge < -0.3 is 9.64 Å². The van der Waals surface area contributed by atoms with Gasteiger partial charge in [0.2, 0.25) is 0 Å². The molecular formula is C22H27NO5S. The standard InChI is InChI=1S/C22H27NO5S/c1-16(28-21(25)18-11-13-19(14-12-18)29(5,26)27)20(24)23(22(2,3)4)15-17-9-7-6-8-10-17/h6-14,16H,15H2,1-5H3/t16-/m0/s1. The fraction of sp³-hybridized carbons (Fsp3) is 0.364. The Labute approximate surface area is 172 Å². The summed E-state index contributed by atoms with van der Waals surface area (Å²) in [6.45, 7) is 7.70. The predicted octanol–water partition coefficient (Wildman–Crippen LogP) is 3.46. The van der Waals surface area contributed by atoms with Crippen molar-refractivity contribution in [2.24, 2.45) is 0 Å². The third-order valence-electron chi connectivity index (χ3n) is 4.41. The van der Waals surface area contributed by atoms with Gasteiger partial charge in [-0.05, 0) is 57.5 Å². The van der Waals surface area contributed by atoms with E-state index in [0.29, 0.717) is 6.54 Å². The molecular weight excluding hydrogens is 390 g/mol. The third-order valence-corrected chi connectivity index (χ3v) is 5.54. The molecule has 0 bridgehead atoms. The number of rotatable bonds is 6. The molecule has 0 radical (unpaired) electrons. The molecule has 0 saturated heterocycles. The first-order chi connectivity index (χ1) is 13.4. The summed E-state index contributed by atoms with van der Waals surface area (Å²) in [5.74, 6) is -0.984. The van der Waals surface area contributed by atoms with E-state index in [4.69, 9.17) is 4.74 Å². The van der Waals surface area contributed by atoms with Crippen molar-refractivity contribution in [3.63, 3.8) is 0 Å². The van der Waals surface area contributed by atoms with Crippen molar-refractivity contribution in [2.75, 3.05) is 6.26 Å². The Morgan fingerprint density at radius 2 is 1.55 bits per heavy atom. The lowest BCUT2D eigenvalue weighted by molar-refractivity contribution is -0.145. The van der Waals surface area contributed by atoms with Crippen LogP contribution in [0.5, 0.6) is 0 Å². The fourth-order valence-corrected chi connectivity index (χ4v) is 3.38. The molecule has 7 heteroatoms. The summed E-state index contributed by atoms with van der Waals surface area (Å²) in [7, 11) is -3.35. The first-order valence-corrected chi connectivity index (χ1v) is 11.2. The summed E-state index contributed by atoms with van der Waals surface area (Å²) in [4.78, 5) is 27.2. The molecule has 1 amide bonds. The van der Waals surface area contributed by atoms with Gasteiger partial charge in [0.1, 0.15) is 0 Å². The zero-order valence-corrected chi connectivity index (χ0v) is 18.2. The second-order valence-electron chi connectivity index (χ2n) is 7.92. The topological polar surface area (TPSA) is 80.8 Å². The average molecular weight is 418 g/mol. The fourth-order valence-electron chi connectivity index (χ4n) is 2.75. The monoisotopic (exact) mass is 417 g/mol. The minimum Gasteiger partial charge on any atom is -0.449 e. The van der Waals surface area contributed by atoms with E-state index in [1.165, 1.54) is 31.2 Å².